The minimum Gasteiger partial charge on any atom is -0.462 e. The van der Waals surface area contributed by atoms with Crippen LogP contribution < -0.4 is 5.73 Å². The normalized spacial score (nSPS) is 11.3. The summed E-state index contributed by atoms with van der Waals surface area (Å²) in [5.41, 5.74) is 4.07. The summed E-state index contributed by atoms with van der Waals surface area (Å²) in [4.78, 5) is 18.9. The summed E-state index contributed by atoms with van der Waals surface area (Å²) in [6, 6.07) is 3.81. The first-order chi connectivity index (χ1) is 10.3. The van der Waals surface area contributed by atoms with E-state index in [0.29, 0.717) is 0 Å². The van der Waals surface area contributed by atoms with Gasteiger partial charge in [0.15, 0.2) is 5.69 Å². The van der Waals surface area contributed by atoms with Gasteiger partial charge in [0.2, 0.25) is 0 Å². The zero-order valence-electron chi connectivity index (χ0n) is 11.5. The summed E-state index contributed by atoms with van der Waals surface area (Å²) in [6.45, 7) is 1.65. The molecule has 0 fully saturated rings. The van der Waals surface area contributed by atoms with Crippen molar-refractivity contribution in [2.45, 2.75) is 13.1 Å². The van der Waals surface area contributed by atoms with Gasteiger partial charge in [0.1, 0.15) is 11.4 Å². The minimum absolute atomic E-state index is 0.0733. The van der Waals surface area contributed by atoms with Crippen LogP contribution in [0, 0.1) is 0 Å². The lowest BCUT2D eigenvalue weighted by atomic mass is 10.0. The van der Waals surface area contributed by atoms with Crippen molar-refractivity contribution >= 4 is 11.8 Å². The van der Waals surface area contributed by atoms with E-state index in [9.17, 15) is 18.0 Å². The Bertz CT molecular complexity index is 688. The Morgan fingerprint density at radius 1 is 1.32 bits per heavy atom. The van der Waals surface area contributed by atoms with Gasteiger partial charge in [0.05, 0.1) is 6.61 Å². The van der Waals surface area contributed by atoms with E-state index in [0.717, 1.165) is 6.07 Å². The molecule has 0 spiro atoms. The number of ether oxygens (including phenoxy) is 1. The summed E-state index contributed by atoms with van der Waals surface area (Å²) in [6.07, 6.45) is -2.02. The van der Waals surface area contributed by atoms with Crippen molar-refractivity contribution in [2.24, 2.45) is 0 Å². The van der Waals surface area contributed by atoms with E-state index >= 15 is 0 Å². The SMILES string of the molecule is CCOC(=O)c1cc(-c2ccncc2)c(C(F)(F)F)nc1N. The maximum Gasteiger partial charge on any atom is 0.434 e. The number of anilines is 1. The summed E-state index contributed by atoms with van der Waals surface area (Å²) in [7, 11) is 0. The number of hydrogen-bond donors (Lipinski definition) is 1. The van der Waals surface area contributed by atoms with Gasteiger partial charge in [0, 0.05) is 18.0 Å². The molecule has 0 aliphatic carbocycles. The second-order valence-corrected chi connectivity index (χ2v) is 4.27. The van der Waals surface area contributed by atoms with E-state index in [1.807, 2.05) is 0 Å². The monoisotopic (exact) mass is 311 g/mol. The van der Waals surface area contributed by atoms with Gasteiger partial charge in [-0.1, -0.05) is 0 Å². The molecule has 5 nitrogen and oxygen atoms in total. The number of pyridine rings is 2. The summed E-state index contributed by atoms with van der Waals surface area (Å²) < 4.78 is 44.2. The van der Waals surface area contributed by atoms with Gasteiger partial charge < -0.3 is 10.5 Å². The molecular weight excluding hydrogens is 299 g/mol. The van der Waals surface area contributed by atoms with Gasteiger partial charge in [-0.15, -0.1) is 0 Å². The molecule has 0 radical (unpaired) electrons. The Kier molecular flexibility index (Phi) is 4.30. The van der Waals surface area contributed by atoms with Crippen molar-refractivity contribution in [3.05, 3.63) is 41.9 Å². The standard InChI is InChI=1S/C14H12F3N3O2/c1-2-22-13(21)10-7-9(8-3-5-19-6-4-8)11(14(15,16)17)20-12(10)18/h3-7H,2H2,1H3,(H2,18,20). The molecule has 116 valence electrons. The van der Waals surface area contributed by atoms with Crippen molar-refractivity contribution in [3.63, 3.8) is 0 Å². The molecule has 8 heteroatoms. The molecular formula is C14H12F3N3O2. The average molecular weight is 311 g/mol. The molecule has 0 saturated carbocycles. The van der Waals surface area contributed by atoms with Crippen LogP contribution in [0.1, 0.15) is 23.0 Å². The fourth-order valence-corrected chi connectivity index (χ4v) is 1.87. The molecule has 22 heavy (non-hydrogen) atoms. The lowest BCUT2D eigenvalue weighted by molar-refractivity contribution is -0.140. The van der Waals surface area contributed by atoms with Crippen molar-refractivity contribution in [1.82, 2.24) is 9.97 Å². The zero-order valence-corrected chi connectivity index (χ0v) is 11.5. The number of esters is 1. The van der Waals surface area contributed by atoms with Crippen LogP contribution in [0.3, 0.4) is 0 Å². The van der Waals surface area contributed by atoms with E-state index in [4.69, 9.17) is 10.5 Å². The Morgan fingerprint density at radius 3 is 2.50 bits per heavy atom. The number of aromatic nitrogens is 2. The molecule has 2 aromatic rings. The summed E-state index contributed by atoms with van der Waals surface area (Å²) >= 11 is 0. The third-order valence-corrected chi connectivity index (χ3v) is 2.81. The molecule has 2 N–H and O–H groups in total. The third kappa shape index (κ3) is 3.16. The van der Waals surface area contributed by atoms with Crippen molar-refractivity contribution in [3.8, 4) is 11.1 Å². The van der Waals surface area contributed by atoms with E-state index in [1.165, 1.54) is 24.5 Å². The first kappa shape index (κ1) is 15.7. The second-order valence-electron chi connectivity index (χ2n) is 4.27. The highest BCUT2D eigenvalue weighted by Gasteiger charge is 2.37. The highest BCUT2D eigenvalue weighted by Crippen LogP contribution is 2.37. The predicted molar refractivity (Wildman–Crippen MR) is 72.8 cm³/mol. The van der Waals surface area contributed by atoms with Crippen LogP contribution in [0.4, 0.5) is 19.0 Å². The number of nitrogens with zero attached hydrogens (tertiary/aromatic N) is 2. The van der Waals surface area contributed by atoms with Crippen LogP contribution in [0.5, 0.6) is 0 Å². The largest absolute Gasteiger partial charge is 0.462 e. The van der Waals surface area contributed by atoms with Crippen LogP contribution in [0.15, 0.2) is 30.6 Å². The van der Waals surface area contributed by atoms with E-state index in [1.54, 1.807) is 6.92 Å². The molecule has 2 rings (SSSR count). The number of alkyl halides is 3. The molecule has 0 saturated heterocycles. The van der Waals surface area contributed by atoms with Crippen molar-refractivity contribution in [2.75, 3.05) is 12.3 Å². The Morgan fingerprint density at radius 2 is 1.95 bits per heavy atom. The number of nitrogens with two attached hydrogens (primary N) is 1. The highest BCUT2D eigenvalue weighted by molar-refractivity contribution is 5.96. The maximum absolute atomic E-state index is 13.1. The molecule has 0 amide bonds. The first-order valence-electron chi connectivity index (χ1n) is 6.29. The fourth-order valence-electron chi connectivity index (χ4n) is 1.87. The van der Waals surface area contributed by atoms with Crippen LogP contribution >= 0.6 is 0 Å². The average Bonchev–Trinajstić information content (AvgIpc) is 2.47. The fraction of sp³-hybridized carbons (Fsp3) is 0.214. The minimum atomic E-state index is -4.71. The van der Waals surface area contributed by atoms with Crippen LogP contribution in [0.25, 0.3) is 11.1 Å². The van der Waals surface area contributed by atoms with E-state index in [-0.39, 0.29) is 23.3 Å². The van der Waals surface area contributed by atoms with Crippen molar-refractivity contribution < 1.29 is 22.7 Å². The smallest absolute Gasteiger partial charge is 0.434 e. The van der Waals surface area contributed by atoms with Crippen molar-refractivity contribution in [1.29, 1.82) is 0 Å². The molecule has 2 heterocycles. The Balaban J connectivity index is 2.67. The maximum atomic E-state index is 13.1. The van der Waals surface area contributed by atoms with E-state index in [2.05, 4.69) is 9.97 Å². The number of carbonyl (C=O) groups is 1. The molecule has 0 aromatic carbocycles. The van der Waals surface area contributed by atoms with Crippen LogP contribution in [-0.2, 0) is 10.9 Å². The molecule has 2 aromatic heterocycles. The summed E-state index contributed by atoms with van der Waals surface area (Å²) in [5.74, 6) is -1.35. The Labute approximate surface area is 123 Å². The highest BCUT2D eigenvalue weighted by atomic mass is 19.4. The van der Waals surface area contributed by atoms with E-state index < -0.39 is 23.7 Å². The van der Waals surface area contributed by atoms with Gasteiger partial charge in [0.25, 0.3) is 0 Å². The number of nitrogen functional groups attached to an aromatic ring is 1. The molecule has 0 atom stereocenters. The third-order valence-electron chi connectivity index (χ3n) is 2.81. The molecule has 0 bridgehead atoms. The van der Waals surface area contributed by atoms with Crippen LogP contribution in [0.2, 0.25) is 0 Å². The molecule has 0 aliphatic rings. The number of carbonyl (C=O) groups excluding carboxylic acids is 1. The quantitative estimate of drug-likeness (QED) is 0.882. The van der Waals surface area contributed by atoms with Gasteiger partial charge in [-0.2, -0.15) is 13.2 Å². The number of rotatable bonds is 3. The Hall–Kier alpha value is -2.64. The van der Waals surface area contributed by atoms with Gasteiger partial charge >= 0.3 is 12.1 Å². The zero-order chi connectivity index (χ0) is 16.3. The van der Waals surface area contributed by atoms with Gasteiger partial charge in [-0.25, -0.2) is 9.78 Å². The van der Waals surface area contributed by atoms with Gasteiger partial charge in [-0.05, 0) is 30.7 Å². The summed E-state index contributed by atoms with van der Waals surface area (Å²) in [5, 5.41) is 0. The number of hydrogen-bond acceptors (Lipinski definition) is 5. The lowest BCUT2D eigenvalue weighted by Crippen LogP contribution is -2.16. The molecule has 0 aliphatic heterocycles. The number of halogens is 3. The van der Waals surface area contributed by atoms with Crippen LogP contribution in [-0.4, -0.2) is 22.5 Å². The van der Waals surface area contributed by atoms with Gasteiger partial charge in [-0.3, -0.25) is 4.98 Å². The predicted octanol–water partition coefficient (Wildman–Crippen LogP) is 2.92. The topological polar surface area (TPSA) is 78.1 Å². The molecule has 0 unspecified atom stereocenters. The second kappa shape index (κ2) is 6.00. The lowest BCUT2D eigenvalue weighted by Gasteiger charge is -2.15. The first-order valence-corrected chi connectivity index (χ1v) is 6.29.